The van der Waals surface area contributed by atoms with Gasteiger partial charge in [0.25, 0.3) is 0 Å². The molecule has 0 aliphatic rings. The quantitative estimate of drug-likeness (QED) is 0.335. The van der Waals surface area contributed by atoms with E-state index in [-0.39, 0.29) is 71.4 Å². The smallest absolute Gasteiger partial charge is 0.595 e. The summed E-state index contributed by atoms with van der Waals surface area (Å²) in [5.41, 5.74) is 0. The van der Waals surface area contributed by atoms with Crippen molar-refractivity contribution in [2.45, 2.75) is 0 Å². The molecule has 0 amide bonds. The molecular weight excluding hydrogens is 196 g/mol. The van der Waals surface area contributed by atoms with Crippen molar-refractivity contribution >= 4 is 16.1 Å². The zero-order valence-corrected chi connectivity index (χ0v) is 11.7. The summed E-state index contributed by atoms with van der Waals surface area (Å²) in [6, 6.07) is 0. The zero-order valence-electron chi connectivity index (χ0n) is 5.94. The van der Waals surface area contributed by atoms with Crippen molar-refractivity contribution in [2.75, 3.05) is 12.3 Å². The van der Waals surface area contributed by atoms with Crippen molar-refractivity contribution in [3.05, 3.63) is 0 Å². The molecule has 0 spiro atoms. The first-order chi connectivity index (χ1) is 3.63. The fourth-order valence-electron chi connectivity index (χ4n) is 0.163. The van der Waals surface area contributed by atoms with Crippen LogP contribution in [0, 0.1) is 0 Å². The van der Waals surface area contributed by atoms with Crippen LogP contribution in [0.3, 0.4) is 0 Å². The van der Waals surface area contributed by atoms with E-state index in [1.807, 2.05) is 0 Å². The molecule has 2 unspecified atom stereocenters. The van der Waals surface area contributed by atoms with Gasteiger partial charge < -0.3 is 9.79 Å². The van der Waals surface area contributed by atoms with Crippen molar-refractivity contribution in [1.82, 2.24) is 0 Å². The third-order valence-corrected chi connectivity index (χ3v) is 2.00. The summed E-state index contributed by atoms with van der Waals surface area (Å²) in [5.74, 6) is 0. The van der Waals surface area contributed by atoms with Crippen LogP contribution in [0.15, 0.2) is 0 Å². The van der Waals surface area contributed by atoms with Crippen LogP contribution in [0.4, 0.5) is 0 Å². The largest absolute Gasteiger partial charge is 1.00 e. The predicted molar refractivity (Wildman–Crippen MR) is 24.9 cm³/mol. The van der Waals surface area contributed by atoms with Gasteiger partial charge in [-0.15, -0.1) is 0 Å². The Morgan fingerprint density at radius 1 is 0.900 bits per heavy atom. The van der Waals surface area contributed by atoms with E-state index in [1.165, 1.54) is 0 Å². The van der Waals surface area contributed by atoms with Gasteiger partial charge in [0.1, 0.15) is 0 Å². The Balaban J connectivity index is -0.000000245. The molecule has 0 N–H and O–H groups in total. The van der Waals surface area contributed by atoms with Gasteiger partial charge in [-0.3, -0.25) is 0 Å². The minimum Gasteiger partial charge on any atom is -0.595 e. The average Bonchev–Trinajstić information content (AvgIpc) is 1.61. The van der Waals surface area contributed by atoms with Gasteiger partial charge in [-0.1, -0.05) is 9.13 Å². The third kappa shape index (κ3) is 16.6. The molecule has 0 saturated heterocycles. The molecule has 0 heterocycles. The van der Waals surface area contributed by atoms with Gasteiger partial charge >= 0.3 is 75.2 Å². The van der Waals surface area contributed by atoms with Gasteiger partial charge in [-0.2, -0.15) is 0 Å². The molecule has 0 aliphatic heterocycles. The molecule has 10 heavy (non-hydrogen) atoms. The molecule has 0 rings (SSSR count). The molecule has 4 nitrogen and oxygen atoms in total. The first-order valence-electron chi connectivity index (χ1n) is 1.86. The van der Waals surface area contributed by atoms with Gasteiger partial charge in [0, 0.05) is 0 Å². The average molecular weight is 200 g/mol. The summed E-state index contributed by atoms with van der Waals surface area (Å²) >= 11 is 0. The predicted octanol–water partition coefficient (Wildman–Crippen LogP) is -6.80. The summed E-state index contributed by atoms with van der Waals surface area (Å²) in [6.45, 7) is 0. The fourth-order valence-corrected chi connectivity index (χ4v) is 1.47. The Bertz CT molecular complexity index is 104. The fraction of sp³-hybridized carbons (Fsp3) is 1.00. The maximum atomic E-state index is 9.67. The second-order valence-electron chi connectivity index (χ2n) is 1.11. The first kappa shape index (κ1) is 18.0. The summed E-state index contributed by atoms with van der Waals surface area (Å²) < 4.78 is 19.3. The Labute approximate surface area is 105 Å². The first-order valence-corrected chi connectivity index (χ1v) is 4.59. The third-order valence-electron chi connectivity index (χ3n) is 0.465. The molecule has 0 aromatic heterocycles. The topological polar surface area (TPSA) is 80.3 Å². The zero-order chi connectivity index (χ0) is 6.57. The summed E-state index contributed by atoms with van der Waals surface area (Å²) in [4.78, 5) is 19.3. The Morgan fingerprint density at radius 2 is 1.10 bits per heavy atom. The van der Waals surface area contributed by atoms with Crippen molar-refractivity contribution in [2.24, 2.45) is 0 Å². The van der Waals surface area contributed by atoms with Crippen LogP contribution >= 0.6 is 16.1 Å². The molecule has 0 aromatic carbocycles. The van der Waals surface area contributed by atoms with Crippen LogP contribution in [0.25, 0.3) is 0 Å². The molecule has 2 atom stereocenters. The van der Waals surface area contributed by atoms with Gasteiger partial charge in [0.2, 0.25) is 0 Å². The van der Waals surface area contributed by atoms with E-state index >= 15 is 0 Å². The van der Waals surface area contributed by atoms with Gasteiger partial charge in [-0.05, 0) is 0 Å². The van der Waals surface area contributed by atoms with Gasteiger partial charge in [0.15, 0.2) is 12.3 Å². The molecule has 0 aromatic rings. The van der Waals surface area contributed by atoms with Gasteiger partial charge in [-0.25, -0.2) is 0 Å². The Kier molecular flexibility index (Phi) is 20.0. The van der Waals surface area contributed by atoms with Crippen LogP contribution in [-0.4, -0.2) is 12.3 Å². The van der Waals surface area contributed by atoms with E-state index in [4.69, 9.17) is 0 Å². The monoisotopic (exact) mass is 200 g/mol. The van der Waals surface area contributed by atoms with Crippen molar-refractivity contribution < 1.29 is 78.0 Å². The van der Waals surface area contributed by atoms with Crippen LogP contribution < -0.4 is 68.9 Å². The van der Waals surface area contributed by atoms with Crippen LogP contribution in [-0.2, 0) is 9.13 Å². The maximum absolute atomic E-state index is 9.67. The van der Waals surface area contributed by atoms with Crippen molar-refractivity contribution in [1.29, 1.82) is 0 Å². The Morgan fingerprint density at radius 3 is 1.20 bits per heavy atom. The molecule has 0 saturated carbocycles. The second-order valence-corrected chi connectivity index (χ2v) is 3.34. The molecule has 0 bridgehead atoms. The Hall–Kier alpha value is 2.12. The molecule has 0 aliphatic carbocycles. The van der Waals surface area contributed by atoms with Crippen LogP contribution in [0.5, 0.6) is 0 Å². The summed E-state index contributed by atoms with van der Waals surface area (Å²) in [7, 11) is -5.03. The van der Waals surface area contributed by atoms with Crippen molar-refractivity contribution in [3.8, 4) is 0 Å². The second kappa shape index (κ2) is 11.1. The minimum atomic E-state index is -2.52. The molecule has 0 radical (unpaired) electrons. The van der Waals surface area contributed by atoms with E-state index in [9.17, 15) is 18.9 Å². The molecular formula is C2H4Na2O4P2+2. The standard InChI is InChI=1S/C2H4O4P2.2Na/c3-7(4)1-2-8(5)6;;/h1-2H2;;/q;2*+1. The van der Waals surface area contributed by atoms with E-state index in [0.717, 1.165) is 0 Å². The van der Waals surface area contributed by atoms with Gasteiger partial charge in [0.05, 0.1) is 0 Å². The van der Waals surface area contributed by atoms with E-state index in [1.54, 1.807) is 0 Å². The van der Waals surface area contributed by atoms with E-state index < -0.39 is 16.1 Å². The van der Waals surface area contributed by atoms with Crippen LogP contribution in [0.2, 0.25) is 0 Å². The SMILES string of the molecule is O=[P+]([O-])CC[P+](=O)[O-].[Na+].[Na+]. The van der Waals surface area contributed by atoms with Crippen molar-refractivity contribution in [3.63, 3.8) is 0 Å². The van der Waals surface area contributed by atoms with E-state index in [0.29, 0.717) is 0 Å². The molecule has 46 valence electrons. The molecule has 0 fully saturated rings. The normalized spacial score (nSPS) is 10.6. The summed E-state index contributed by atoms with van der Waals surface area (Å²) in [5, 5.41) is 0. The van der Waals surface area contributed by atoms with E-state index in [2.05, 4.69) is 0 Å². The number of hydrogen-bond donors (Lipinski definition) is 0. The maximum Gasteiger partial charge on any atom is 1.00 e. The molecule has 8 heteroatoms. The number of hydrogen-bond acceptors (Lipinski definition) is 4. The number of rotatable bonds is 3. The minimum absolute atomic E-state index is 0. The summed E-state index contributed by atoms with van der Waals surface area (Å²) in [6.07, 6.45) is -0.512. The van der Waals surface area contributed by atoms with Crippen LogP contribution in [0.1, 0.15) is 0 Å².